The summed E-state index contributed by atoms with van der Waals surface area (Å²) in [5, 5.41) is 2.85. The summed E-state index contributed by atoms with van der Waals surface area (Å²) in [5.41, 5.74) is 0.445. The molecule has 2 fully saturated rings. The Morgan fingerprint density at radius 1 is 1.16 bits per heavy atom. The highest BCUT2D eigenvalue weighted by Gasteiger charge is 2.47. The molecule has 0 bridgehead atoms. The average molecular weight is 431 g/mol. The lowest BCUT2D eigenvalue weighted by Gasteiger charge is -2.37. The smallest absolute Gasteiger partial charge is 0.410 e. The molecule has 0 unspecified atom stereocenters. The van der Waals surface area contributed by atoms with E-state index in [2.05, 4.69) is 5.32 Å². The van der Waals surface area contributed by atoms with E-state index in [0.29, 0.717) is 49.5 Å². The number of benzene rings is 2. The van der Waals surface area contributed by atoms with E-state index < -0.39 is 23.3 Å². The number of amides is 3. The van der Waals surface area contributed by atoms with Gasteiger partial charge in [0.1, 0.15) is 11.4 Å². The fraction of sp³-hybridized carbons (Fsp3) is 0.364. The van der Waals surface area contributed by atoms with Gasteiger partial charge in [-0.05, 0) is 29.8 Å². The van der Waals surface area contributed by atoms with Crippen molar-refractivity contribution < 1.29 is 27.8 Å². The molecule has 31 heavy (non-hydrogen) atoms. The van der Waals surface area contributed by atoms with Crippen molar-refractivity contribution >= 4 is 17.8 Å². The first-order chi connectivity index (χ1) is 14.9. The van der Waals surface area contributed by atoms with Crippen molar-refractivity contribution in [3.8, 4) is 5.75 Å². The fourth-order valence-corrected chi connectivity index (χ4v) is 3.95. The Morgan fingerprint density at radius 3 is 2.65 bits per heavy atom. The Balaban J connectivity index is 1.33. The lowest BCUT2D eigenvalue weighted by atomic mass is 9.91. The third kappa shape index (κ3) is 4.55. The molecule has 3 amide bonds. The average Bonchev–Trinajstić information content (AvgIpc) is 3.05. The Bertz CT molecular complexity index is 992. The van der Waals surface area contributed by atoms with Crippen LogP contribution in [0.5, 0.6) is 5.75 Å². The first kappa shape index (κ1) is 20.9. The van der Waals surface area contributed by atoms with Gasteiger partial charge >= 0.3 is 12.1 Å². The molecule has 2 aliphatic heterocycles. The second-order valence-electron chi connectivity index (χ2n) is 7.80. The molecule has 7 nitrogen and oxygen atoms in total. The highest BCUT2D eigenvalue weighted by atomic mass is 19.2. The zero-order valence-corrected chi connectivity index (χ0v) is 17.1. The van der Waals surface area contributed by atoms with Gasteiger partial charge in [-0.25, -0.2) is 18.4 Å². The molecule has 0 atom stereocenters. The first-order valence-corrected chi connectivity index (χ1v) is 9.99. The molecule has 4 rings (SSSR count). The number of carbonyl (C=O) groups excluding carboxylic acids is 2. The minimum Gasteiger partial charge on any atom is -0.497 e. The molecule has 2 aromatic carbocycles. The zero-order valence-electron chi connectivity index (χ0n) is 17.1. The number of hydrogen-bond acceptors (Lipinski definition) is 4. The van der Waals surface area contributed by atoms with Gasteiger partial charge in [-0.2, -0.15) is 0 Å². The normalized spacial score (nSPS) is 17.6. The number of likely N-dealkylation sites (tertiary alicyclic amines) is 1. The number of piperidine rings is 1. The third-order valence-electron chi connectivity index (χ3n) is 5.68. The SMILES string of the molecule is COc1cccc(NC(=O)N2CCC3(CC2)CN(Cc2ccc(F)c(F)c2)C(=O)O3)c1. The number of ether oxygens (including phenoxy) is 2. The van der Waals surface area contributed by atoms with Crippen LogP contribution in [0.2, 0.25) is 0 Å². The Morgan fingerprint density at radius 2 is 1.94 bits per heavy atom. The number of rotatable bonds is 4. The summed E-state index contributed by atoms with van der Waals surface area (Å²) < 4.78 is 37.4. The van der Waals surface area contributed by atoms with Crippen molar-refractivity contribution in [2.75, 3.05) is 32.1 Å². The molecule has 9 heteroatoms. The molecule has 0 aromatic heterocycles. The van der Waals surface area contributed by atoms with Gasteiger partial charge in [-0.15, -0.1) is 0 Å². The van der Waals surface area contributed by atoms with E-state index in [1.807, 2.05) is 0 Å². The molecular weight excluding hydrogens is 408 g/mol. The molecule has 2 aliphatic rings. The van der Waals surface area contributed by atoms with Crippen LogP contribution in [0.15, 0.2) is 42.5 Å². The lowest BCUT2D eigenvalue weighted by molar-refractivity contribution is 0.0109. The third-order valence-corrected chi connectivity index (χ3v) is 5.68. The van der Waals surface area contributed by atoms with E-state index >= 15 is 0 Å². The zero-order chi connectivity index (χ0) is 22.0. The van der Waals surface area contributed by atoms with Crippen molar-refractivity contribution in [2.45, 2.75) is 25.0 Å². The van der Waals surface area contributed by atoms with Gasteiger partial charge in [0.15, 0.2) is 11.6 Å². The monoisotopic (exact) mass is 431 g/mol. The lowest BCUT2D eigenvalue weighted by Crippen LogP contribution is -2.49. The minimum absolute atomic E-state index is 0.137. The predicted octanol–water partition coefficient (Wildman–Crippen LogP) is 3.99. The molecule has 2 aromatic rings. The van der Waals surface area contributed by atoms with Crippen LogP contribution in [0.1, 0.15) is 18.4 Å². The minimum atomic E-state index is -0.949. The summed E-state index contributed by atoms with van der Waals surface area (Å²) in [6.07, 6.45) is 0.510. The standard InChI is InChI=1S/C22H23F2N3O4/c1-30-17-4-2-3-16(12-17)25-20(28)26-9-7-22(8-10-26)14-27(21(29)31-22)13-15-5-6-18(23)19(24)11-15/h2-6,11-12H,7-10,13-14H2,1H3,(H,25,28). The van der Waals surface area contributed by atoms with Crippen molar-refractivity contribution in [1.82, 2.24) is 9.80 Å². The van der Waals surface area contributed by atoms with E-state index in [9.17, 15) is 18.4 Å². The molecule has 2 heterocycles. The van der Waals surface area contributed by atoms with Crippen LogP contribution in [0.25, 0.3) is 0 Å². The molecular formula is C22H23F2N3O4. The number of urea groups is 1. The fourth-order valence-electron chi connectivity index (χ4n) is 3.95. The van der Waals surface area contributed by atoms with Gasteiger partial charge in [0.2, 0.25) is 0 Å². The first-order valence-electron chi connectivity index (χ1n) is 9.99. The summed E-state index contributed by atoms with van der Waals surface area (Å²) >= 11 is 0. The second-order valence-corrected chi connectivity index (χ2v) is 7.80. The number of carbonyl (C=O) groups is 2. The van der Waals surface area contributed by atoms with E-state index in [1.54, 1.807) is 36.3 Å². The van der Waals surface area contributed by atoms with Crippen molar-refractivity contribution in [2.24, 2.45) is 0 Å². The predicted molar refractivity (Wildman–Crippen MR) is 109 cm³/mol. The van der Waals surface area contributed by atoms with E-state index in [4.69, 9.17) is 9.47 Å². The summed E-state index contributed by atoms with van der Waals surface area (Å²) in [6, 6.07) is 10.4. The number of nitrogens with one attached hydrogen (secondary N) is 1. The van der Waals surface area contributed by atoms with Crippen LogP contribution in [-0.2, 0) is 11.3 Å². The Kier molecular flexibility index (Phi) is 5.67. The van der Waals surface area contributed by atoms with E-state index in [1.165, 1.54) is 11.0 Å². The summed E-state index contributed by atoms with van der Waals surface area (Å²) in [5.74, 6) is -1.23. The maximum Gasteiger partial charge on any atom is 0.410 e. The molecule has 0 aliphatic carbocycles. The van der Waals surface area contributed by atoms with E-state index in [0.717, 1.165) is 12.1 Å². The second kappa shape index (κ2) is 8.41. The molecule has 1 spiro atoms. The summed E-state index contributed by atoms with van der Waals surface area (Å²) in [6.45, 7) is 1.35. The number of hydrogen-bond donors (Lipinski definition) is 1. The molecule has 0 radical (unpaired) electrons. The Labute approximate surface area is 178 Å². The molecule has 2 saturated heterocycles. The maximum absolute atomic E-state index is 13.5. The topological polar surface area (TPSA) is 71.1 Å². The Hall–Kier alpha value is -3.36. The molecule has 164 valence electrons. The molecule has 1 N–H and O–H groups in total. The number of nitrogens with zero attached hydrogens (tertiary/aromatic N) is 2. The summed E-state index contributed by atoms with van der Waals surface area (Å²) in [4.78, 5) is 28.1. The number of methoxy groups -OCH3 is 1. The molecule has 0 saturated carbocycles. The van der Waals surface area contributed by atoms with Crippen LogP contribution in [-0.4, -0.2) is 54.3 Å². The number of anilines is 1. The van der Waals surface area contributed by atoms with Gasteiger partial charge < -0.3 is 19.7 Å². The quantitative estimate of drug-likeness (QED) is 0.795. The van der Waals surface area contributed by atoms with Crippen molar-refractivity contribution in [3.05, 3.63) is 59.7 Å². The summed E-state index contributed by atoms with van der Waals surface area (Å²) in [7, 11) is 1.56. The van der Waals surface area contributed by atoms with Gasteiger partial charge in [0, 0.05) is 44.2 Å². The van der Waals surface area contributed by atoms with Gasteiger partial charge in [0.05, 0.1) is 13.7 Å². The van der Waals surface area contributed by atoms with Crippen molar-refractivity contribution in [1.29, 1.82) is 0 Å². The van der Waals surface area contributed by atoms with Crippen LogP contribution in [0, 0.1) is 11.6 Å². The van der Waals surface area contributed by atoms with Crippen LogP contribution in [0.4, 0.5) is 24.1 Å². The maximum atomic E-state index is 13.5. The largest absolute Gasteiger partial charge is 0.497 e. The highest BCUT2D eigenvalue weighted by molar-refractivity contribution is 5.89. The number of halogens is 2. The van der Waals surface area contributed by atoms with Crippen LogP contribution < -0.4 is 10.1 Å². The van der Waals surface area contributed by atoms with Gasteiger partial charge in [0.25, 0.3) is 0 Å². The highest BCUT2D eigenvalue weighted by Crippen LogP contribution is 2.34. The van der Waals surface area contributed by atoms with Gasteiger partial charge in [-0.3, -0.25) is 4.90 Å². The van der Waals surface area contributed by atoms with E-state index in [-0.39, 0.29) is 12.6 Å². The van der Waals surface area contributed by atoms with Crippen LogP contribution >= 0.6 is 0 Å². The van der Waals surface area contributed by atoms with Crippen molar-refractivity contribution in [3.63, 3.8) is 0 Å². The van der Waals surface area contributed by atoms with Crippen LogP contribution in [0.3, 0.4) is 0 Å². The van der Waals surface area contributed by atoms with Gasteiger partial charge in [-0.1, -0.05) is 12.1 Å².